The summed E-state index contributed by atoms with van der Waals surface area (Å²) in [7, 11) is -2.28. The van der Waals surface area contributed by atoms with Gasteiger partial charge < -0.3 is 9.31 Å². The maximum atomic E-state index is 6.61. The maximum absolute atomic E-state index is 6.61. The molecule has 0 saturated carbocycles. The average molecular weight is 420 g/mol. The van der Waals surface area contributed by atoms with E-state index < -0.39 is 8.07 Å². The van der Waals surface area contributed by atoms with Crippen LogP contribution >= 0.6 is 0 Å². The van der Waals surface area contributed by atoms with Gasteiger partial charge in [0.2, 0.25) is 0 Å². The van der Waals surface area contributed by atoms with Crippen LogP contribution in [0.5, 0.6) is 0 Å². The second-order valence-electron chi connectivity index (χ2n) is 9.94. The first-order valence-electron chi connectivity index (χ1n) is 11.3. The van der Waals surface area contributed by atoms with Crippen LogP contribution in [0.1, 0.15) is 59.4 Å². The fraction of sp³-hybridized carbons (Fsp3) is 0.462. The zero-order valence-electron chi connectivity index (χ0n) is 19.8. The van der Waals surface area contributed by atoms with Crippen LogP contribution in [0.4, 0.5) is 0 Å². The molecule has 0 bridgehead atoms. The van der Waals surface area contributed by atoms with Gasteiger partial charge in [-0.3, -0.25) is 0 Å². The zero-order valence-corrected chi connectivity index (χ0v) is 20.8. The van der Waals surface area contributed by atoms with E-state index in [-0.39, 0.29) is 18.3 Å². The summed E-state index contributed by atoms with van der Waals surface area (Å²) in [6, 6.07) is 21.8. The second kappa shape index (κ2) is 8.86. The van der Waals surface area contributed by atoms with E-state index in [1.54, 1.807) is 5.20 Å². The van der Waals surface area contributed by atoms with Gasteiger partial charge in [-0.1, -0.05) is 104 Å². The Labute approximate surface area is 184 Å². The Kier molecular flexibility index (Phi) is 6.81. The van der Waals surface area contributed by atoms with E-state index in [0.29, 0.717) is 0 Å². The van der Waals surface area contributed by atoms with Crippen molar-refractivity contribution in [3.63, 3.8) is 0 Å². The lowest BCUT2D eigenvalue weighted by Crippen LogP contribution is -2.45. The Morgan fingerprint density at radius 2 is 1.33 bits per heavy atom. The first-order chi connectivity index (χ1) is 14.1. The van der Waals surface area contributed by atoms with Crippen molar-refractivity contribution in [3.8, 4) is 0 Å². The van der Waals surface area contributed by atoms with Gasteiger partial charge in [-0.05, 0) is 45.2 Å². The summed E-state index contributed by atoms with van der Waals surface area (Å²) in [6.07, 6.45) is 3.43. The highest BCUT2D eigenvalue weighted by atomic mass is 28.3. The maximum Gasteiger partial charge on any atom is 0.495 e. The molecule has 0 spiro atoms. The molecular weight excluding hydrogens is 383 g/mol. The van der Waals surface area contributed by atoms with E-state index in [9.17, 15) is 0 Å². The normalized spacial score (nSPS) is 19.0. The van der Waals surface area contributed by atoms with E-state index in [0.717, 1.165) is 6.42 Å². The fourth-order valence-corrected chi connectivity index (χ4v) is 7.31. The molecule has 0 radical (unpaired) electrons. The lowest BCUT2D eigenvalue weighted by atomic mass is 9.73. The van der Waals surface area contributed by atoms with E-state index in [2.05, 4.69) is 108 Å². The third-order valence-corrected chi connectivity index (χ3v) is 10.7. The van der Waals surface area contributed by atoms with Gasteiger partial charge in [0.05, 0.1) is 11.2 Å². The standard InChI is InChI=1S/C26H37BO2Si/c1-8-9-20-23(30(6,7)22-18-14-11-15-19-22)24(21-16-12-10-13-17-21)27-28-25(2,3)26(4,5)29-27/h10-19H,8-9,20H2,1-7H3/b24-23+. The Morgan fingerprint density at radius 3 is 1.83 bits per heavy atom. The predicted molar refractivity (Wildman–Crippen MR) is 133 cm³/mol. The Bertz CT molecular complexity index is 856. The first-order valence-corrected chi connectivity index (χ1v) is 14.3. The van der Waals surface area contributed by atoms with Crippen LogP contribution in [0.25, 0.3) is 5.47 Å². The number of allylic oxidation sites excluding steroid dienone is 1. The summed E-state index contributed by atoms with van der Waals surface area (Å²) in [5.41, 5.74) is 1.76. The van der Waals surface area contributed by atoms with Crippen LogP contribution in [0.2, 0.25) is 13.1 Å². The lowest BCUT2D eigenvalue weighted by molar-refractivity contribution is 0.00578. The number of unbranched alkanes of at least 4 members (excludes halogenated alkanes) is 1. The van der Waals surface area contributed by atoms with Crippen LogP contribution in [0.3, 0.4) is 0 Å². The minimum atomic E-state index is -1.93. The first kappa shape index (κ1) is 23.1. The molecule has 0 N–H and O–H groups in total. The molecule has 0 aromatic heterocycles. The average Bonchev–Trinajstić information content (AvgIpc) is 2.93. The predicted octanol–water partition coefficient (Wildman–Crippen LogP) is 6.42. The fourth-order valence-electron chi connectivity index (χ4n) is 4.20. The van der Waals surface area contributed by atoms with Crippen molar-refractivity contribution in [3.05, 3.63) is 71.4 Å². The molecule has 30 heavy (non-hydrogen) atoms. The molecule has 1 fully saturated rings. The van der Waals surface area contributed by atoms with E-state index in [1.165, 1.54) is 29.1 Å². The molecule has 0 amide bonds. The molecular formula is C26H37BO2Si. The van der Waals surface area contributed by atoms with Crippen LogP contribution in [-0.4, -0.2) is 26.4 Å². The zero-order chi connectivity index (χ0) is 22.0. The Morgan fingerprint density at radius 1 is 0.833 bits per heavy atom. The molecule has 1 heterocycles. The molecule has 1 aliphatic rings. The Balaban J connectivity index is 2.23. The van der Waals surface area contributed by atoms with Crippen molar-refractivity contribution in [2.75, 3.05) is 0 Å². The smallest absolute Gasteiger partial charge is 0.399 e. The number of rotatable bonds is 7. The summed E-state index contributed by atoms with van der Waals surface area (Å²) >= 11 is 0. The molecule has 1 saturated heterocycles. The van der Waals surface area contributed by atoms with Crippen molar-refractivity contribution in [2.45, 2.75) is 78.2 Å². The molecule has 2 aromatic rings. The minimum Gasteiger partial charge on any atom is -0.399 e. The Hall–Kier alpha value is -1.62. The third kappa shape index (κ3) is 4.51. The minimum absolute atomic E-state index is 0.347. The monoisotopic (exact) mass is 420 g/mol. The molecule has 0 atom stereocenters. The summed E-state index contributed by atoms with van der Waals surface area (Å²) in [4.78, 5) is 0. The van der Waals surface area contributed by atoms with Crippen molar-refractivity contribution in [2.24, 2.45) is 0 Å². The third-order valence-electron chi connectivity index (χ3n) is 6.93. The molecule has 0 aliphatic carbocycles. The number of hydrogen-bond donors (Lipinski definition) is 0. The van der Waals surface area contributed by atoms with Crippen LogP contribution in [0.15, 0.2) is 65.9 Å². The molecule has 160 valence electrons. The second-order valence-corrected chi connectivity index (χ2v) is 14.4. The lowest BCUT2D eigenvalue weighted by Gasteiger charge is -2.32. The van der Waals surface area contributed by atoms with Gasteiger partial charge in [0.25, 0.3) is 0 Å². The van der Waals surface area contributed by atoms with Crippen molar-refractivity contribution >= 4 is 25.9 Å². The van der Waals surface area contributed by atoms with Gasteiger partial charge >= 0.3 is 7.12 Å². The van der Waals surface area contributed by atoms with Gasteiger partial charge in [-0.2, -0.15) is 0 Å². The molecule has 4 heteroatoms. The van der Waals surface area contributed by atoms with Gasteiger partial charge in [0, 0.05) is 0 Å². The molecule has 1 aliphatic heterocycles. The van der Waals surface area contributed by atoms with Gasteiger partial charge in [-0.15, -0.1) is 0 Å². The van der Waals surface area contributed by atoms with Crippen molar-refractivity contribution < 1.29 is 9.31 Å². The van der Waals surface area contributed by atoms with E-state index >= 15 is 0 Å². The number of benzene rings is 2. The van der Waals surface area contributed by atoms with Crippen LogP contribution < -0.4 is 5.19 Å². The van der Waals surface area contributed by atoms with Gasteiger partial charge in [0.15, 0.2) is 0 Å². The SMILES string of the molecule is CCCC/C(=C(\B1OC(C)(C)C(C)(C)O1)c1ccccc1)[Si](C)(C)c1ccccc1. The highest BCUT2D eigenvalue weighted by Gasteiger charge is 2.53. The van der Waals surface area contributed by atoms with Crippen molar-refractivity contribution in [1.82, 2.24) is 0 Å². The van der Waals surface area contributed by atoms with Crippen LogP contribution in [-0.2, 0) is 9.31 Å². The van der Waals surface area contributed by atoms with Gasteiger partial charge in [-0.25, -0.2) is 0 Å². The molecule has 0 unspecified atom stereocenters. The quantitative estimate of drug-likeness (QED) is 0.482. The summed E-state index contributed by atoms with van der Waals surface area (Å²) < 4.78 is 13.2. The van der Waals surface area contributed by atoms with Crippen molar-refractivity contribution in [1.29, 1.82) is 0 Å². The summed E-state index contributed by atoms with van der Waals surface area (Å²) in [5, 5.41) is 3.00. The molecule has 3 rings (SSSR count). The highest BCUT2D eigenvalue weighted by molar-refractivity contribution is 6.98. The largest absolute Gasteiger partial charge is 0.495 e. The summed E-state index contributed by atoms with van der Waals surface area (Å²) in [5.74, 6) is 0. The van der Waals surface area contributed by atoms with E-state index in [4.69, 9.17) is 9.31 Å². The topological polar surface area (TPSA) is 18.5 Å². The van der Waals surface area contributed by atoms with Crippen LogP contribution in [0, 0.1) is 0 Å². The molecule has 2 nitrogen and oxygen atoms in total. The van der Waals surface area contributed by atoms with Gasteiger partial charge in [0.1, 0.15) is 8.07 Å². The highest BCUT2D eigenvalue weighted by Crippen LogP contribution is 2.43. The summed E-state index contributed by atoms with van der Waals surface area (Å²) in [6.45, 7) is 15.8. The number of hydrogen-bond acceptors (Lipinski definition) is 2. The molecule has 2 aromatic carbocycles. The van der Waals surface area contributed by atoms with E-state index in [1.807, 2.05) is 0 Å².